The minimum absolute atomic E-state index is 0.942. The van der Waals surface area contributed by atoms with Gasteiger partial charge in [0.25, 0.3) is 0 Å². The molecule has 114 valence electrons. The van der Waals surface area contributed by atoms with Gasteiger partial charge < -0.3 is 10.2 Å². The number of hydrogen-bond donors (Lipinski definition) is 1. The van der Waals surface area contributed by atoms with E-state index in [9.17, 15) is 0 Å². The van der Waals surface area contributed by atoms with Crippen LogP contribution in [0.3, 0.4) is 0 Å². The maximum Gasteiger partial charge on any atom is 0.0547 e. The van der Waals surface area contributed by atoms with Gasteiger partial charge in [-0.15, -0.1) is 0 Å². The number of pyridine rings is 1. The highest BCUT2D eigenvalue weighted by molar-refractivity contribution is 5.09. The largest absolute Gasteiger partial charge is 0.315 e. The Morgan fingerprint density at radius 1 is 1.15 bits per heavy atom. The number of hydrogen-bond acceptors (Lipinski definition) is 4. The minimum Gasteiger partial charge on any atom is -0.315 e. The molecule has 4 nitrogen and oxygen atoms in total. The van der Waals surface area contributed by atoms with Crippen LogP contribution < -0.4 is 5.32 Å². The Morgan fingerprint density at radius 3 is 2.60 bits per heavy atom. The average Bonchev–Trinajstić information content (AvgIpc) is 2.41. The molecule has 1 rings (SSSR count). The molecule has 1 aromatic heterocycles. The molecule has 0 fully saturated rings. The lowest BCUT2D eigenvalue weighted by Gasteiger charge is -2.20. The van der Waals surface area contributed by atoms with Gasteiger partial charge in [0, 0.05) is 25.3 Å². The number of nitrogens with zero attached hydrogens (tertiary/aromatic N) is 3. The van der Waals surface area contributed by atoms with E-state index in [4.69, 9.17) is 0 Å². The summed E-state index contributed by atoms with van der Waals surface area (Å²) in [6, 6.07) is 6.25. The van der Waals surface area contributed by atoms with Crippen LogP contribution in [0.5, 0.6) is 0 Å². The Hall–Kier alpha value is -0.970. The molecular weight excluding hydrogens is 248 g/mol. The van der Waals surface area contributed by atoms with Gasteiger partial charge in [0.1, 0.15) is 0 Å². The smallest absolute Gasteiger partial charge is 0.0547 e. The second-order valence-electron chi connectivity index (χ2n) is 5.55. The van der Waals surface area contributed by atoms with Gasteiger partial charge in [0.05, 0.1) is 5.69 Å². The molecular formula is C16H30N4. The molecule has 0 bridgehead atoms. The minimum atomic E-state index is 0.942. The molecule has 4 heteroatoms. The summed E-state index contributed by atoms with van der Waals surface area (Å²) in [7, 11) is 4.24. The Balaban J connectivity index is 2.19. The van der Waals surface area contributed by atoms with Crippen LogP contribution in [-0.2, 0) is 6.54 Å². The van der Waals surface area contributed by atoms with Crippen LogP contribution in [0.15, 0.2) is 18.2 Å². The van der Waals surface area contributed by atoms with Crippen LogP contribution in [0.2, 0.25) is 0 Å². The lowest BCUT2D eigenvalue weighted by Crippen LogP contribution is -2.33. The van der Waals surface area contributed by atoms with Crippen LogP contribution in [0, 0.1) is 6.92 Å². The van der Waals surface area contributed by atoms with Crippen LogP contribution in [0.4, 0.5) is 0 Å². The fourth-order valence-electron chi connectivity index (χ4n) is 2.15. The van der Waals surface area contributed by atoms with Crippen LogP contribution in [0.1, 0.15) is 24.7 Å². The van der Waals surface area contributed by atoms with E-state index in [2.05, 4.69) is 53.3 Å². The van der Waals surface area contributed by atoms with E-state index < -0.39 is 0 Å². The predicted molar refractivity (Wildman–Crippen MR) is 86.0 cm³/mol. The standard InChI is InChI=1S/C16H30N4/c1-5-20(13-11-17-10-7-12-19(3)4)14-16-9-6-8-15(2)18-16/h6,8-9,17H,5,7,10-14H2,1-4H3. The monoisotopic (exact) mass is 278 g/mol. The van der Waals surface area contributed by atoms with Crippen LogP contribution in [0.25, 0.3) is 0 Å². The van der Waals surface area contributed by atoms with Crippen LogP contribution >= 0.6 is 0 Å². The van der Waals surface area contributed by atoms with E-state index in [0.717, 1.165) is 45.0 Å². The maximum atomic E-state index is 4.57. The summed E-state index contributed by atoms with van der Waals surface area (Å²) in [4.78, 5) is 9.23. The van der Waals surface area contributed by atoms with Crippen molar-refractivity contribution < 1.29 is 0 Å². The fourth-order valence-corrected chi connectivity index (χ4v) is 2.15. The first-order chi connectivity index (χ1) is 9.61. The molecule has 0 aliphatic carbocycles. The van der Waals surface area contributed by atoms with E-state index in [0.29, 0.717) is 0 Å². The maximum absolute atomic E-state index is 4.57. The second kappa shape index (κ2) is 9.86. The summed E-state index contributed by atoms with van der Waals surface area (Å²) >= 11 is 0. The molecule has 0 saturated carbocycles. The quantitative estimate of drug-likeness (QED) is 0.661. The van der Waals surface area contributed by atoms with E-state index in [1.54, 1.807) is 0 Å². The van der Waals surface area contributed by atoms with Crippen molar-refractivity contribution in [2.24, 2.45) is 0 Å². The molecule has 0 aliphatic heterocycles. The summed E-state index contributed by atoms with van der Waals surface area (Å²) in [5, 5.41) is 3.51. The van der Waals surface area contributed by atoms with E-state index >= 15 is 0 Å². The number of likely N-dealkylation sites (N-methyl/N-ethyl adjacent to an activating group) is 1. The van der Waals surface area contributed by atoms with Crippen molar-refractivity contribution in [2.45, 2.75) is 26.8 Å². The van der Waals surface area contributed by atoms with Gasteiger partial charge >= 0.3 is 0 Å². The first-order valence-corrected chi connectivity index (χ1v) is 7.62. The lowest BCUT2D eigenvalue weighted by atomic mass is 10.3. The summed E-state index contributed by atoms with van der Waals surface area (Å²) in [6.45, 7) is 10.6. The van der Waals surface area contributed by atoms with Gasteiger partial charge in [-0.3, -0.25) is 9.88 Å². The second-order valence-corrected chi connectivity index (χ2v) is 5.55. The third kappa shape index (κ3) is 7.58. The van der Waals surface area contributed by atoms with Crippen molar-refractivity contribution in [3.05, 3.63) is 29.6 Å². The van der Waals surface area contributed by atoms with Gasteiger partial charge in [0.2, 0.25) is 0 Å². The van der Waals surface area contributed by atoms with Gasteiger partial charge in [-0.25, -0.2) is 0 Å². The van der Waals surface area contributed by atoms with Gasteiger partial charge in [-0.05, 0) is 59.2 Å². The summed E-state index contributed by atoms with van der Waals surface area (Å²) < 4.78 is 0. The highest BCUT2D eigenvalue weighted by atomic mass is 15.1. The summed E-state index contributed by atoms with van der Waals surface area (Å²) in [6.07, 6.45) is 1.21. The van der Waals surface area contributed by atoms with Crippen molar-refractivity contribution >= 4 is 0 Å². The Labute approximate surface area is 124 Å². The first kappa shape index (κ1) is 17.1. The van der Waals surface area contributed by atoms with E-state index in [1.165, 1.54) is 12.1 Å². The number of nitrogens with one attached hydrogen (secondary N) is 1. The normalized spacial score (nSPS) is 11.5. The topological polar surface area (TPSA) is 31.4 Å². The number of aromatic nitrogens is 1. The third-order valence-electron chi connectivity index (χ3n) is 3.34. The summed E-state index contributed by atoms with van der Waals surface area (Å²) in [5.74, 6) is 0. The highest BCUT2D eigenvalue weighted by Crippen LogP contribution is 2.02. The zero-order valence-corrected chi connectivity index (χ0v) is 13.5. The Morgan fingerprint density at radius 2 is 1.95 bits per heavy atom. The molecule has 1 heterocycles. The van der Waals surface area contributed by atoms with E-state index in [-0.39, 0.29) is 0 Å². The molecule has 0 spiro atoms. The average molecular weight is 278 g/mol. The molecule has 0 saturated heterocycles. The molecule has 0 aliphatic rings. The van der Waals surface area contributed by atoms with Gasteiger partial charge in [-0.1, -0.05) is 13.0 Å². The molecule has 0 aromatic carbocycles. The van der Waals surface area contributed by atoms with Crippen molar-refractivity contribution in [3.63, 3.8) is 0 Å². The number of rotatable bonds is 10. The third-order valence-corrected chi connectivity index (χ3v) is 3.34. The van der Waals surface area contributed by atoms with Crippen molar-refractivity contribution in [1.82, 2.24) is 20.1 Å². The van der Waals surface area contributed by atoms with Crippen molar-refractivity contribution in [1.29, 1.82) is 0 Å². The summed E-state index contributed by atoms with van der Waals surface area (Å²) in [5.41, 5.74) is 2.26. The predicted octanol–water partition coefficient (Wildman–Crippen LogP) is 1.75. The van der Waals surface area contributed by atoms with E-state index in [1.807, 2.05) is 13.0 Å². The zero-order valence-electron chi connectivity index (χ0n) is 13.5. The molecule has 0 atom stereocenters. The van der Waals surface area contributed by atoms with Crippen molar-refractivity contribution in [3.8, 4) is 0 Å². The van der Waals surface area contributed by atoms with Crippen molar-refractivity contribution in [2.75, 3.05) is 46.8 Å². The fraction of sp³-hybridized carbons (Fsp3) is 0.688. The molecule has 0 unspecified atom stereocenters. The van der Waals surface area contributed by atoms with Gasteiger partial charge in [-0.2, -0.15) is 0 Å². The molecule has 1 N–H and O–H groups in total. The Kier molecular flexibility index (Phi) is 8.42. The number of aryl methyl sites for hydroxylation is 1. The first-order valence-electron chi connectivity index (χ1n) is 7.62. The van der Waals surface area contributed by atoms with Gasteiger partial charge in [0.15, 0.2) is 0 Å². The van der Waals surface area contributed by atoms with Crippen LogP contribution in [-0.4, -0.2) is 61.6 Å². The molecule has 1 aromatic rings. The lowest BCUT2D eigenvalue weighted by molar-refractivity contribution is 0.275. The molecule has 20 heavy (non-hydrogen) atoms. The Bertz CT molecular complexity index is 365. The SMILES string of the molecule is CCN(CCNCCCN(C)C)Cc1cccc(C)n1. The molecule has 0 amide bonds. The zero-order chi connectivity index (χ0) is 14.8. The highest BCUT2D eigenvalue weighted by Gasteiger charge is 2.04. The molecule has 0 radical (unpaired) electrons.